The Labute approximate surface area is 74.7 Å². The fraction of sp³-hybridized carbons (Fsp3) is 0.100. The van der Waals surface area contributed by atoms with Crippen molar-refractivity contribution in [1.82, 2.24) is 4.98 Å². The van der Waals surface area contributed by atoms with Crippen LogP contribution >= 0.6 is 0 Å². The molecule has 0 bridgehead atoms. The first kappa shape index (κ1) is 8.13. The van der Waals surface area contributed by atoms with Crippen molar-refractivity contribution in [1.29, 1.82) is 0 Å². The van der Waals surface area contributed by atoms with Crippen molar-refractivity contribution < 1.29 is 9.50 Å². The third kappa shape index (κ3) is 1.51. The number of halogens is 1. The molecule has 0 radical (unpaired) electrons. The maximum Gasteiger partial charge on any atom is 0.125 e. The molecule has 0 saturated carbocycles. The fourth-order valence-corrected chi connectivity index (χ4v) is 1.23. The summed E-state index contributed by atoms with van der Waals surface area (Å²) in [5.41, 5.74) is 1.34. The molecule has 0 saturated heterocycles. The van der Waals surface area contributed by atoms with Gasteiger partial charge in [-0.25, -0.2) is 4.39 Å². The lowest BCUT2D eigenvalue weighted by Crippen LogP contribution is -1.86. The minimum Gasteiger partial charge on any atom is -0.392 e. The van der Waals surface area contributed by atoms with Crippen LogP contribution in [0.2, 0.25) is 0 Å². The summed E-state index contributed by atoms with van der Waals surface area (Å²) < 4.78 is 12.7. The third-order valence-corrected chi connectivity index (χ3v) is 1.89. The van der Waals surface area contributed by atoms with Crippen LogP contribution in [-0.4, -0.2) is 10.1 Å². The van der Waals surface area contributed by atoms with Crippen LogP contribution in [0.3, 0.4) is 0 Å². The minimum absolute atomic E-state index is 0.0414. The zero-order valence-electron chi connectivity index (χ0n) is 6.87. The molecule has 0 aliphatic heterocycles. The molecule has 2 aromatic rings. The van der Waals surface area contributed by atoms with Crippen LogP contribution in [0, 0.1) is 5.82 Å². The van der Waals surface area contributed by atoms with Gasteiger partial charge in [-0.15, -0.1) is 0 Å². The Morgan fingerprint density at radius 2 is 2.15 bits per heavy atom. The van der Waals surface area contributed by atoms with Crippen LogP contribution in [0.15, 0.2) is 30.5 Å². The van der Waals surface area contributed by atoms with Gasteiger partial charge >= 0.3 is 0 Å². The Kier molecular flexibility index (Phi) is 1.94. The lowest BCUT2D eigenvalue weighted by Gasteiger charge is -1.99. The molecule has 0 aliphatic rings. The van der Waals surface area contributed by atoms with Crippen LogP contribution in [0.1, 0.15) is 5.56 Å². The second-order valence-electron chi connectivity index (χ2n) is 2.84. The highest BCUT2D eigenvalue weighted by Crippen LogP contribution is 2.14. The summed E-state index contributed by atoms with van der Waals surface area (Å²) in [6.45, 7) is -0.0414. The number of rotatable bonds is 1. The minimum atomic E-state index is -0.295. The van der Waals surface area contributed by atoms with E-state index in [4.69, 9.17) is 5.11 Å². The third-order valence-electron chi connectivity index (χ3n) is 1.89. The van der Waals surface area contributed by atoms with Crippen LogP contribution < -0.4 is 0 Å². The van der Waals surface area contributed by atoms with Gasteiger partial charge in [-0.1, -0.05) is 0 Å². The molecule has 0 amide bonds. The Morgan fingerprint density at radius 1 is 1.31 bits per heavy atom. The lowest BCUT2D eigenvalue weighted by atomic mass is 10.2. The number of aliphatic hydroxyl groups excluding tert-OH is 1. The molecule has 2 nitrogen and oxygen atoms in total. The molecule has 3 heteroatoms. The first-order valence-electron chi connectivity index (χ1n) is 3.94. The van der Waals surface area contributed by atoms with Crippen molar-refractivity contribution in [2.75, 3.05) is 0 Å². The standard InChI is InChI=1S/C10H8FNO/c11-9-2-1-8-3-7(6-13)5-12-10(8)4-9/h1-5,13H,6H2. The van der Waals surface area contributed by atoms with Crippen LogP contribution in [0.25, 0.3) is 10.9 Å². The molecule has 1 N–H and O–H groups in total. The molecule has 0 spiro atoms. The molecule has 0 aliphatic carbocycles. The molecule has 0 fully saturated rings. The summed E-state index contributed by atoms with van der Waals surface area (Å²) >= 11 is 0. The predicted octanol–water partition coefficient (Wildman–Crippen LogP) is 1.87. The number of aliphatic hydroxyl groups is 1. The highest BCUT2D eigenvalue weighted by Gasteiger charge is 1.98. The zero-order valence-corrected chi connectivity index (χ0v) is 6.87. The van der Waals surface area contributed by atoms with Crippen molar-refractivity contribution in [2.24, 2.45) is 0 Å². The van der Waals surface area contributed by atoms with Crippen molar-refractivity contribution in [3.05, 3.63) is 41.8 Å². The first-order valence-corrected chi connectivity index (χ1v) is 3.94. The summed E-state index contributed by atoms with van der Waals surface area (Å²) in [5, 5.41) is 9.68. The molecule has 1 aromatic heterocycles. The molecule has 0 unspecified atom stereocenters. The van der Waals surface area contributed by atoms with E-state index in [9.17, 15) is 4.39 Å². The molecule has 1 heterocycles. The summed E-state index contributed by atoms with van der Waals surface area (Å²) in [6.07, 6.45) is 1.54. The van der Waals surface area contributed by atoms with E-state index in [1.54, 1.807) is 18.3 Å². The summed E-state index contributed by atoms with van der Waals surface area (Å²) in [4.78, 5) is 4.01. The van der Waals surface area contributed by atoms with E-state index in [2.05, 4.69) is 4.98 Å². The smallest absolute Gasteiger partial charge is 0.125 e. The second-order valence-corrected chi connectivity index (χ2v) is 2.84. The Morgan fingerprint density at radius 3 is 2.92 bits per heavy atom. The van der Waals surface area contributed by atoms with Crippen LogP contribution in [0.4, 0.5) is 4.39 Å². The zero-order chi connectivity index (χ0) is 9.26. The number of pyridine rings is 1. The summed E-state index contributed by atoms with van der Waals surface area (Å²) in [6, 6.07) is 6.19. The Balaban J connectivity index is 2.66. The molecular formula is C10H8FNO. The molecule has 13 heavy (non-hydrogen) atoms. The van der Waals surface area contributed by atoms with Crippen LogP contribution in [-0.2, 0) is 6.61 Å². The van der Waals surface area contributed by atoms with E-state index in [1.807, 2.05) is 0 Å². The number of hydrogen-bond donors (Lipinski definition) is 1. The predicted molar refractivity (Wildman–Crippen MR) is 47.6 cm³/mol. The summed E-state index contributed by atoms with van der Waals surface area (Å²) in [7, 11) is 0. The summed E-state index contributed by atoms with van der Waals surface area (Å²) in [5.74, 6) is -0.295. The highest BCUT2D eigenvalue weighted by molar-refractivity contribution is 5.78. The van der Waals surface area contributed by atoms with Gasteiger partial charge < -0.3 is 5.11 Å². The van der Waals surface area contributed by atoms with Crippen molar-refractivity contribution in [3.8, 4) is 0 Å². The first-order chi connectivity index (χ1) is 6.29. The Bertz CT molecular complexity index is 442. The maximum atomic E-state index is 12.7. The van der Waals surface area contributed by atoms with E-state index < -0.39 is 0 Å². The molecule has 2 rings (SSSR count). The molecule has 1 aromatic carbocycles. The van der Waals surface area contributed by atoms with Gasteiger partial charge in [-0.05, 0) is 23.8 Å². The van der Waals surface area contributed by atoms with Crippen LogP contribution in [0.5, 0.6) is 0 Å². The maximum absolute atomic E-state index is 12.7. The highest BCUT2D eigenvalue weighted by atomic mass is 19.1. The largest absolute Gasteiger partial charge is 0.392 e. The van der Waals surface area contributed by atoms with Crippen molar-refractivity contribution in [2.45, 2.75) is 6.61 Å². The quantitative estimate of drug-likeness (QED) is 0.721. The molecular weight excluding hydrogens is 169 g/mol. The molecule has 66 valence electrons. The second kappa shape index (κ2) is 3.11. The van der Waals surface area contributed by atoms with Gasteiger partial charge in [-0.3, -0.25) is 4.98 Å². The van der Waals surface area contributed by atoms with E-state index in [0.717, 1.165) is 10.9 Å². The Hall–Kier alpha value is -1.48. The average Bonchev–Trinajstić information content (AvgIpc) is 2.17. The number of fused-ring (bicyclic) bond motifs is 1. The van der Waals surface area contributed by atoms with Gasteiger partial charge in [0, 0.05) is 17.6 Å². The van der Waals surface area contributed by atoms with E-state index in [-0.39, 0.29) is 12.4 Å². The topological polar surface area (TPSA) is 33.1 Å². The van der Waals surface area contributed by atoms with Gasteiger partial charge in [0.25, 0.3) is 0 Å². The van der Waals surface area contributed by atoms with Gasteiger partial charge in [0.1, 0.15) is 5.82 Å². The monoisotopic (exact) mass is 177 g/mol. The fourth-order valence-electron chi connectivity index (χ4n) is 1.23. The number of benzene rings is 1. The van der Waals surface area contributed by atoms with Gasteiger partial charge in [0.15, 0.2) is 0 Å². The normalized spacial score (nSPS) is 10.6. The van der Waals surface area contributed by atoms with Gasteiger partial charge in [0.2, 0.25) is 0 Å². The van der Waals surface area contributed by atoms with Crippen molar-refractivity contribution >= 4 is 10.9 Å². The number of hydrogen-bond acceptors (Lipinski definition) is 2. The van der Waals surface area contributed by atoms with E-state index in [0.29, 0.717) is 5.52 Å². The van der Waals surface area contributed by atoms with Crippen molar-refractivity contribution in [3.63, 3.8) is 0 Å². The number of aromatic nitrogens is 1. The molecule has 0 atom stereocenters. The average molecular weight is 177 g/mol. The number of nitrogens with zero attached hydrogens (tertiary/aromatic N) is 1. The van der Waals surface area contributed by atoms with Gasteiger partial charge in [0.05, 0.1) is 12.1 Å². The lowest BCUT2D eigenvalue weighted by molar-refractivity contribution is 0.281. The van der Waals surface area contributed by atoms with E-state index in [1.165, 1.54) is 12.1 Å². The SMILES string of the molecule is OCc1cnc2cc(F)ccc2c1. The van der Waals surface area contributed by atoms with E-state index >= 15 is 0 Å². The van der Waals surface area contributed by atoms with Gasteiger partial charge in [-0.2, -0.15) is 0 Å².